The van der Waals surface area contributed by atoms with Gasteiger partial charge in [0.1, 0.15) is 0 Å². The van der Waals surface area contributed by atoms with Crippen molar-refractivity contribution in [3.63, 3.8) is 0 Å². The Balaban J connectivity index is 2.88. The zero-order chi connectivity index (χ0) is 9.84. The van der Waals surface area contributed by atoms with Gasteiger partial charge in [-0.1, -0.05) is 18.5 Å². The second kappa shape index (κ2) is 4.56. The third-order valence-electron chi connectivity index (χ3n) is 2.03. The number of aliphatic hydroxyl groups is 1. The molecule has 72 valence electrons. The fourth-order valence-electron chi connectivity index (χ4n) is 1.06. The summed E-state index contributed by atoms with van der Waals surface area (Å²) in [5, 5.41) is 10.3. The second-order valence-electron chi connectivity index (χ2n) is 3.06. The molecule has 4 heteroatoms. The zero-order valence-corrected chi connectivity index (χ0v) is 8.20. The molecule has 0 spiro atoms. The highest BCUT2D eigenvalue weighted by Crippen LogP contribution is 2.26. The van der Waals surface area contributed by atoms with Crippen LogP contribution in [0.2, 0.25) is 5.02 Å². The van der Waals surface area contributed by atoms with Crippen LogP contribution in [0.3, 0.4) is 0 Å². The van der Waals surface area contributed by atoms with E-state index >= 15 is 0 Å². The first-order valence-corrected chi connectivity index (χ1v) is 4.52. The first kappa shape index (κ1) is 10.4. The molecule has 0 aromatic carbocycles. The quantitative estimate of drug-likeness (QED) is 0.775. The Morgan fingerprint density at radius 1 is 1.69 bits per heavy atom. The van der Waals surface area contributed by atoms with Gasteiger partial charge in [-0.25, -0.2) is 0 Å². The van der Waals surface area contributed by atoms with Crippen LogP contribution in [0.4, 0.5) is 0 Å². The van der Waals surface area contributed by atoms with E-state index in [1.807, 2.05) is 6.92 Å². The highest BCUT2D eigenvalue weighted by molar-refractivity contribution is 6.31. The van der Waals surface area contributed by atoms with E-state index < -0.39 is 6.10 Å². The molecule has 0 bridgehead atoms. The molecule has 0 amide bonds. The molecule has 0 aliphatic heterocycles. The predicted molar refractivity (Wildman–Crippen MR) is 52.4 cm³/mol. The first-order valence-electron chi connectivity index (χ1n) is 4.14. The lowest BCUT2D eigenvalue weighted by atomic mass is 9.98. The van der Waals surface area contributed by atoms with Gasteiger partial charge in [0.25, 0.3) is 0 Å². The molecule has 1 aromatic heterocycles. The molecule has 3 nitrogen and oxygen atoms in total. The maximum atomic E-state index is 9.78. The molecule has 0 radical (unpaired) electrons. The molecule has 1 rings (SSSR count). The lowest BCUT2D eigenvalue weighted by Gasteiger charge is -2.17. The maximum absolute atomic E-state index is 9.78. The highest BCUT2D eigenvalue weighted by atomic mass is 35.5. The lowest BCUT2D eigenvalue weighted by Crippen LogP contribution is -2.19. The van der Waals surface area contributed by atoms with Crippen LogP contribution in [0.25, 0.3) is 0 Å². The normalized spacial score (nSPS) is 15.4. The lowest BCUT2D eigenvalue weighted by molar-refractivity contribution is 0.122. The number of hydrogen-bond acceptors (Lipinski definition) is 3. The molecule has 2 unspecified atom stereocenters. The van der Waals surface area contributed by atoms with E-state index in [-0.39, 0.29) is 5.92 Å². The molecule has 0 aliphatic carbocycles. The Bertz CT molecular complexity index is 280. The van der Waals surface area contributed by atoms with Crippen molar-refractivity contribution in [3.05, 3.63) is 29.0 Å². The monoisotopic (exact) mass is 200 g/mol. The highest BCUT2D eigenvalue weighted by Gasteiger charge is 2.17. The molecule has 1 heterocycles. The van der Waals surface area contributed by atoms with Crippen molar-refractivity contribution in [2.24, 2.45) is 11.7 Å². The van der Waals surface area contributed by atoms with Crippen LogP contribution in [-0.2, 0) is 0 Å². The zero-order valence-electron chi connectivity index (χ0n) is 7.44. The summed E-state index contributed by atoms with van der Waals surface area (Å²) < 4.78 is 0. The number of halogens is 1. The largest absolute Gasteiger partial charge is 0.388 e. The Kier molecular flexibility index (Phi) is 3.66. The third kappa shape index (κ3) is 2.40. The third-order valence-corrected chi connectivity index (χ3v) is 2.35. The van der Waals surface area contributed by atoms with Crippen molar-refractivity contribution in [2.75, 3.05) is 6.54 Å². The summed E-state index contributed by atoms with van der Waals surface area (Å²) >= 11 is 5.86. The number of aliphatic hydroxyl groups excluding tert-OH is 1. The van der Waals surface area contributed by atoms with E-state index in [0.717, 1.165) is 0 Å². The summed E-state index contributed by atoms with van der Waals surface area (Å²) in [4.78, 5) is 3.84. The first-order chi connectivity index (χ1) is 6.16. The summed E-state index contributed by atoms with van der Waals surface area (Å²) in [6.45, 7) is 2.31. The van der Waals surface area contributed by atoms with Gasteiger partial charge in [-0.2, -0.15) is 0 Å². The Labute approximate surface area is 82.5 Å². The van der Waals surface area contributed by atoms with Gasteiger partial charge < -0.3 is 10.8 Å². The molecular formula is C9H13ClN2O. The number of nitrogens with two attached hydrogens (primary N) is 1. The van der Waals surface area contributed by atoms with Crippen molar-refractivity contribution in [3.8, 4) is 0 Å². The summed E-state index contributed by atoms with van der Waals surface area (Å²) in [5.41, 5.74) is 6.13. The van der Waals surface area contributed by atoms with Gasteiger partial charge in [-0.05, 0) is 18.5 Å². The van der Waals surface area contributed by atoms with E-state index in [4.69, 9.17) is 17.3 Å². The van der Waals surface area contributed by atoms with Crippen molar-refractivity contribution >= 4 is 11.6 Å². The van der Waals surface area contributed by atoms with Crippen LogP contribution >= 0.6 is 11.6 Å². The molecule has 0 saturated heterocycles. The summed E-state index contributed by atoms with van der Waals surface area (Å²) in [6, 6.07) is 1.71. The number of nitrogens with zero attached hydrogens (tertiary/aromatic N) is 1. The minimum absolute atomic E-state index is 0.0000926. The topological polar surface area (TPSA) is 59.1 Å². The molecule has 1 aromatic rings. The van der Waals surface area contributed by atoms with Gasteiger partial charge in [0.2, 0.25) is 0 Å². The molecule has 0 fully saturated rings. The van der Waals surface area contributed by atoms with Crippen LogP contribution < -0.4 is 5.73 Å². The summed E-state index contributed by atoms with van der Waals surface area (Å²) in [7, 11) is 0. The summed E-state index contributed by atoms with van der Waals surface area (Å²) in [5.74, 6) is -0.0000926. The Morgan fingerprint density at radius 3 is 2.92 bits per heavy atom. The van der Waals surface area contributed by atoms with Crippen molar-refractivity contribution < 1.29 is 5.11 Å². The molecule has 13 heavy (non-hydrogen) atoms. The van der Waals surface area contributed by atoms with Crippen LogP contribution in [-0.4, -0.2) is 16.6 Å². The van der Waals surface area contributed by atoms with Gasteiger partial charge in [0.15, 0.2) is 0 Å². The van der Waals surface area contributed by atoms with Crippen molar-refractivity contribution in [1.82, 2.24) is 4.98 Å². The van der Waals surface area contributed by atoms with Gasteiger partial charge in [0, 0.05) is 18.0 Å². The molecule has 0 saturated carbocycles. The maximum Gasteiger partial charge on any atom is 0.0843 e. The summed E-state index contributed by atoms with van der Waals surface area (Å²) in [6.07, 6.45) is 2.51. The predicted octanol–water partition coefficient (Wildman–Crippen LogP) is 1.36. The number of pyridine rings is 1. The molecule has 0 aliphatic rings. The van der Waals surface area contributed by atoms with Gasteiger partial charge >= 0.3 is 0 Å². The van der Waals surface area contributed by atoms with Crippen molar-refractivity contribution in [1.29, 1.82) is 0 Å². The Morgan fingerprint density at radius 2 is 2.38 bits per heavy atom. The van der Waals surface area contributed by atoms with Crippen LogP contribution in [0.5, 0.6) is 0 Å². The van der Waals surface area contributed by atoms with Crippen molar-refractivity contribution in [2.45, 2.75) is 13.0 Å². The SMILES string of the molecule is CC(CN)C(O)c1ccncc1Cl. The Hall–Kier alpha value is -0.640. The molecule has 2 atom stereocenters. The second-order valence-corrected chi connectivity index (χ2v) is 3.46. The van der Waals surface area contributed by atoms with Crippen LogP contribution in [0.1, 0.15) is 18.6 Å². The van der Waals surface area contributed by atoms with Crippen LogP contribution in [0, 0.1) is 5.92 Å². The minimum Gasteiger partial charge on any atom is -0.388 e. The fraction of sp³-hybridized carbons (Fsp3) is 0.444. The smallest absolute Gasteiger partial charge is 0.0843 e. The fourth-order valence-corrected chi connectivity index (χ4v) is 1.29. The van der Waals surface area contributed by atoms with E-state index in [2.05, 4.69) is 4.98 Å². The van der Waals surface area contributed by atoms with Crippen LogP contribution in [0.15, 0.2) is 18.5 Å². The van der Waals surface area contributed by atoms with E-state index in [9.17, 15) is 5.11 Å². The number of hydrogen-bond donors (Lipinski definition) is 2. The molecule has 3 N–H and O–H groups in total. The van der Waals surface area contributed by atoms with Gasteiger partial charge in [-0.15, -0.1) is 0 Å². The van der Waals surface area contributed by atoms with Gasteiger partial charge in [-0.3, -0.25) is 4.98 Å². The number of aromatic nitrogens is 1. The minimum atomic E-state index is -0.611. The van der Waals surface area contributed by atoms with E-state index in [1.165, 1.54) is 6.20 Å². The average Bonchev–Trinajstić information content (AvgIpc) is 2.16. The van der Waals surface area contributed by atoms with E-state index in [1.54, 1.807) is 12.3 Å². The number of rotatable bonds is 3. The average molecular weight is 201 g/mol. The standard InChI is InChI=1S/C9H13ClN2O/c1-6(4-11)9(13)7-2-3-12-5-8(7)10/h2-3,5-6,9,13H,4,11H2,1H3. The van der Waals surface area contributed by atoms with E-state index in [0.29, 0.717) is 17.1 Å². The van der Waals surface area contributed by atoms with Gasteiger partial charge in [0.05, 0.1) is 11.1 Å². The molecular weight excluding hydrogens is 188 g/mol.